The van der Waals surface area contributed by atoms with Crippen LogP contribution in [0.3, 0.4) is 0 Å². The van der Waals surface area contributed by atoms with Crippen LogP contribution < -0.4 is 0 Å². The fourth-order valence-electron chi connectivity index (χ4n) is 1.80. The summed E-state index contributed by atoms with van der Waals surface area (Å²) in [6.45, 7) is 2.14. The number of aromatic nitrogens is 2. The average Bonchev–Trinajstić information content (AvgIpc) is 2.74. The third-order valence-corrected chi connectivity index (χ3v) is 4.13. The van der Waals surface area contributed by atoms with Crippen LogP contribution in [0.4, 0.5) is 0 Å². The van der Waals surface area contributed by atoms with Gasteiger partial charge in [0.1, 0.15) is 5.82 Å². The molecule has 0 aliphatic carbocycles. The number of imidazole rings is 1. The van der Waals surface area contributed by atoms with Crippen LogP contribution in [-0.4, -0.2) is 21.3 Å². The molecule has 86 valence electrons. The summed E-state index contributed by atoms with van der Waals surface area (Å²) in [5.41, 5.74) is 2.15. The minimum Gasteiger partial charge on any atom is -0.396 e. The lowest BCUT2D eigenvalue weighted by molar-refractivity contribution is 0.295. The molecule has 1 N–H and O–H groups in total. The molecule has 0 bridgehead atoms. The predicted octanol–water partition coefficient (Wildman–Crippen LogP) is 2.75. The molecule has 0 fully saturated rings. The molecular weight excluding hydrogens is 288 g/mol. The van der Waals surface area contributed by atoms with Crippen molar-refractivity contribution in [1.82, 2.24) is 9.55 Å². The molecule has 0 aliphatic rings. The van der Waals surface area contributed by atoms with Gasteiger partial charge in [-0.05, 0) is 35.0 Å². The molecule has 2 aromatic heterocycles. The number of hydrogen-bond acceptors (Lipinski definition) is 3. The topological polar surface area (TPSA) is 38.1 Å². The summed E-state index contributed by atoms with van der Waals surface area (Å²) in [7, 11) is 1.99. The molecule has 5 heteroatoms. The summed E-state index contributed by atoms with van der Waals surface area (Å²) < 4.78 is 3.18. The zero-order chi connectivity index (χ0) is 11.7. The molecule has 16 heavy (non-hydrogen) atoms. The lowest BCUT2D eigenvalue weighted by Gasteiger charge is -2.03. The Hall–Kier alpha value is -0.650. The summed E-state index contributed by atoms with van der Waals surface area (Å²) in [4.78, 5) is 5.68. The summed E-state index contributed by atoms with van der Waals surface area (Å²) in [5, 5.41) is 8.96. The van der Waals surface area contributed by atoms with Crippen molar-refractivity contribution in [3.63, 3.8) is 0 Å². The van der Waals surface area contributed by atoms with Gasteiger partial charge in [-0.25, -0.2) is 4.98 Å². The Morgan fingerprint density at radius 1 is 1.50 bits per heavy atom. The van der Waals surface area contributed by atoms with Gasteiger partial charge >= 0.3 is 0 Å². The van der Waals surface area contributed by atoms with E-state index in [9.17, 15) is 0 Å². The normalized spacial score (nSPS) is 11.0. The second kappa shape index (κ2) is 4.69. The molecule has 2 rings (SSSR count). The van der Waals surface area contributed by atoms with E-state index < -0.39 is 0 Å². The Labute approximate surface area is 107 Å². The van der Waals surface area contributed by atoms with Gasteiger partial charge in [0.05, 0.1) is 26.7 Å². The molecule has 3 nitrogen and oxygen atoms in total. The van der Waals surface area contributed by atoms with Gasteiger partial charge in [-0.1, -0.05) is 0 Å². The van der Waals surface area contributed by atoms with E-state index >= 15 is 0 Å². The van der Waals surface area contributed by atoms with Gasteiger partial charge in [-0.15, -0.1) is 11.3 Å². The summed E-state index contributed by atoms with van der Waals surface area (Å²) in [5.74, 6) is 0.930. The highest BCUT2D eigenvalue weighted by molar-refractivity contribution is 9.11. The van der Waals surface area contributed by atoms with Gasteiger partial charge in [-0.3, -0.25) is 0 Å². The van der Waals surface area contributed by atoms with Crippen molar-refractivity contribution < 1.29 is 5.11 Å². The van der Waals surface area contributed by atoms with Gasteiger partial charge in [0.15, 0.2) is 0 Å². The highest BCUT2D eigenvalue weighted by Gasteiger charge is 2.14. The standard InChI is InChI=1S/C11H13BrN2OS/c1-7-11(8-3-4-9(12)16-8)14(2)10(13-7)5-6-15/h3-4,15H,5-6H2,1-2H3. The minimum absolute atomic E-state index is 0.137. The van der Waals surface area contributed by atoms with E-state index in [4.69, 9.17) is 5.11 Å². The summed E-state index contributed by atoms with van der Waals surface area (Å²) >= 11 is 5.16. The number of rotatable bonds is 3. The Balaban J connectivity index is 2.48. The SMILES string of the molecule is Cc1nc(CCO)n(C)c1-c1ccc(Br)s1. The van der Waals surface area contributed by atoms with Gasteiger partial charge in [-0.2, -0.15) is 0 Å². The number of thiophene rings is 1. The van der Waals surface area contributed by atoms with Crippen molar-refractivity contribution in [1.29, 1.82) is 0 Å². The summed E-state index contributed by atoms with van der Waals surface area (Å²) in [6, 6.07) is 4.12. The third-order valence-electron chi connectivity index (χ3n) is 2.50. The van der Waals surface area contributed by atoms with E-state index in [0.29, 0.717) is 6.42 Å². The molecule has 0 unspecified atom stereocenters. The number of halogens is 1. The van der Waals surface area contributed by atoms with E-state index in [0.717, 1.165) is 21.0 Å². The van der Waals surface area contributed by atoms with Crippen molar-refractivity contribution in [2.75, 3.05) is 6.61 Å². The van der Waals surface area contributed by atoms with Crippen molar-refractivity contribution in [2.24, 2.45) is 7.05 Å². The highest BCUT2D eigenvalue weighted by atomic mass is 79.9. The highest BCUT2D eigenvalue weighted by Crippen LogP contribution is 2.33. The van der Waals surface area contributed by atoms with E-state index in [1.54, 1.807) is 11.3 Å². The smallest absolute Gasteiger partial charge is 0.111 e. The molecule has 0 atom stereocenters. The first-order chi connectivity index (χ1) is 7.63. The second-order valence-corrected chi connectivity index (χ2v) is 6.06. The van der Waals surface area contributed by atoms with Gasteiger partial charge in [0, 0.05) is 13.5 Å². The molecule has 0 amide bonds. The fraction of sp³-hybridized carbons (Fsp3) is 0.364. The zero-order valence-corrected chi connectivity index (χ0v) is 11.6. The Morgan fingerprint density at radius 3 is 2.81 bits per heavy atom. The maximum absolute atomic E-state index is 8.96. The Morgan fingerprint density at radius 2 is 2.25 bits per heavy atom. The van der Waals surface area contributed by atoms with Crippen LogP contribution in [0.15, 0.2) is 15.9 Å². The number of nitrogens with zero attached hydrogens (tertiary/aromatic N) is 2. The summed E-state index contributed by atoms with van der Waals surface area (Å²) in [6.07, 6.45) is 0.601. The molecular formula is C11H13BrN2OS. The van der Waals surface area contributed by atoms with E-state index in [1.807, 2.05) is 20.0 Å². The monoisotopic (exact) mass is 300 g/mol. The fourth-order valence-corrected chi connectivity index (χ4v) is 3.32. The van der Waals surface area contributed by atoms with Crippen LogP contribution >= 0.6 is 27.3 Å². The van der Waals surface area contributed by atoms with Crippen LogP contribution in [-0.2, 0) is 13.5 Å². The van der Waals surface area contributed by atoms with E-state index in [1.165, 1.54) is 4.88 Å². The van der Waals surface area contributed by atoms with Crippen molar-refractivity contribution in [3.05, 3.63) is 27.4 Å². The van der Waals surface area contributed by atoms with Gasteiger partial charge in [0.2, 0.25) is 0 Å². The van der Waals surface area contributed by atoms with Crippen LogP contribution in [0.1, 0.15) is 11.5 Å². The molecule has 0 spiro atoms. The third kappa shape index (κ3) is 2.07. The minimum atomic E-state index is 0.137. The van der Waals surface area contributed by atoms with Crippen LogP contribution in [0, 0.1) is 6.92 Å². The number of aryl methyl sites for hydroxylation is 1. The quantitative estimate of drug-likeness (QED) is 0.946. The molecule has 2 heterocycles. The maximum atomic E-state index is 8.96. The number of hydrogen-bond donors (Lipinski definition) is 1. The van der Waals surface area contributed by atoms with E-state index in [2.05, 4.69) is 31.5 Å². The first-order valence-electron chi connectivity index (χ1n) is 5.02. The average molecular weight is 301 g/mol. The van der Waals surface area contributed by atoms with Crippen LogP contribution in [0.2, 0.25) is 0 Å². The zero-order valence-electron chi connectivity index (χ0n) is 9.20. The van der Waals surface area contributed by atoms with E-state index in [-0.39, 0.29) is 6.61 Å². The maximum Gasteiger partial charge on any atom is 0.111 e. The Bertz CT molecular complexity index is 504. The van der Waals surface area contributed by atoms with Crippen molar-refractivity contribution in [2.45, 2.75) is 13.3 Å². The lowest BCUT2D eigenvalue weighted by Crippen LogP contribution is -2.01. The van der Waals surface area contributed by atoms with Gasteiger partial charge in [0.25, 0.3) is 0 Å². The molecule has 0 aromatic carbocycles. The van der Waals surface area contributed by atoms with Crippen molar-refractivity contribution in [3.8, 4) is 10.6 Å². The van der Waals surface area contributed by atoms with Gasteiger partial charge < -0.3 is 9.67 Å². The Kier molecular flexibility index (Phi) is 3.47. The number of aliphatic hydroxyl groups excluding tert-OH is 1. The van der Waals surface area contributed by atoms with Crippen molar-refractivity contribution >= 4 is 27.3 Å². The number of aliphatic hydroxyl groups is 1. The molecule has 2 aromatic rings. The lowest BCUT2D eigenvalue weighted by atomic mass is 10.3. The first-order valence-corrected chi connectivity index (χ1v) is 6.63. The van der Waals surface area contributed by atoms with Crippen LogP contribution in [0.25, 0.3) is 10.6 Å². The molecule has 0 saturated heterocycles. The molecule has 0 saturated carbocycles. The second-order valence-electron chi connectivity index (χ2n) is 3.60. The molecule has 0 radical (unpaired) electrons. The molecule has 0 aliphatic heterocycles. The van der Waals surface area contributed by atoms with Crippen LogP contribution in [0.5, 0.6) is 0 Å². The first kappa shape index (κ1) is 11.8. The predicted molar refractivity (Wildman–Crippen MR) is 69.7 cm³/mol. The largest absolute Gasteiger partial charge is 0.396 e.